The number of hydrogen-bond acceptors (Lipinski definition) is 2. The molecule has 1 aromatic carbocycles. The number of hydrogen-bond donors (Lipinski definition) is 1. The largest absolute Gasteiger partial charge is 0.356 e. The molecule has 0 aliphatic carbocycles. The Labute approximate surface area is 124 Å². The second kappa shape index (κ2) is 5.61. The van der Waals surface area contributed by atoms with Crippen LogP contribution >= 0.6 is 0 Å². The van der Waals surface area contributed by atoms with Crippen molar-refractivity contribution in [3.05, 3.63) is 35.9 Å². The van der Waals surface area contributed by atoms with Gasteiger partial charge in [-0.05, 0) is 30.4 Å². The van der Waals surface area contributed by atoms with Crippen molar-refractivity contribution in [2.24, 2.45) is 5.41 Å². The molecule has 2 fully saturated rings. The van der Waals surface area contributed by atoms with Gasteiger partial charge in [-0.15, -0.1) is 0 Å². The maximum atomic E-state index is 12.1. The Morgan fingerprint density at radius 1 is 1.19 bits per heavy atom. The third-order valence-corrected chi connectivity index (χ3v) is 4.39. The highest BCUT2D eigenvalue weighted by molar-refractivity contribution is 5.94. The van der Waals surface area contributed by atoms with Gasteiger partial charge in [0.2, 0.25) is 5.91 Å². The lowest BCUT2D eigenvalue weighted by atomic mass is 9.77. The molecule has 1 spiro atoms. The highest BCUT2D eigenvalue weighted by Crippen LogP contribution is 2.37. The van der Waals surface area contributed by atoms with E-state index in [0.717, 1.165) is 24.9 Å². The fourth-order valence-corrected chi connectivity index (χ4v) is 3.02. The molecule has 4 nitrogen and oxygen atoms in total. The predicted molar refractivity (Wildman–Crippen MR) is 79.2 cm³/mol. The minimum atomic E-state index is -0.119. The number of piperidine rings is 1. The number of nitrogens with one attached hydrogen (secondary N) is 1. The Bertz CT molecular complexity index is 605. The first-order valence-electron chi connectivity index (χ1n) is 7.30. The molecule has 2 saturated heterocycles. The molecule has 0 bridgehead atoms. The van der Waals surface area contributed by atoms with Crippen molar-refractivity contribution >= 4 is 11.8 Å². The van der Waals surface area contributed by atoms with Crippen molar-refractivity contribution in [3.8, 4) is 11.8 Å². The summed E-state index contributed by atoms with van der Waals surface area (Å²) in [5.41, 5.74) is 0.922. The number of amides is 2. The molecule has 108 valence electrons. The fraction of sp³-hybridized carbons (Fsp3) is 0.412. The van der Waals surface area contributed by atoms with E-state index in [9.17, 15) is 9.59 Å². The monoisotopic (exact) mass is 282 g/mol. The second-order valence-corrected chi connectivity index (χ2v) is 5.86. The molecule has 0 unspecified atom stereocenters. The molecule has 2 aliphatic rings. The number of nitrogens with zero attached hydrogens (tertiary/aromatic N) is 1. The number of rotatable bonds is 0. The van der Waals surface area contributed by atoms with E-state index in [1.807, 2.05) is 30.3 Å². The molecule has 0 saturated carbocycles. The second-order valence-electron chi connectivity index (χ2n) is 5.86. The van der Waals surface area contributed by atoms with E-state index in [-0.39, 0.29) is 17.2 Å². The average Bonchev–Trinajstić information content (AvgIpc) is 2.87. The van der Waals surface area contributed by atoms with Crippen LogP contribution in [0.2, 0.25) is 0 Å². The summed E-state index contributed by atoms with van der Waals surface area (Å²) >= 11 is 0. The minimum absolute atomic E-state index is 0.0702. The van der Waals surface area contributed by atoms with E-state index >= 15 is 0 Å². The number of benzene rings is 1. The molecule has 2 aliphatic heterocycles. The zero-order valence-electron chi connectivity index (χ0n) is 11.9. The van der Waals surface area contributed by atoms with Crippen LogP contribution in [0.4, 0.5) is 0 Å². The topological polar surface area (TPSA) is 49.4 Å². The van der Waals surface area contributed by atoms with Crippen LogP contribution in [0, 0.1) is 17.3 Å². The summed E-state index contributed by atoms with van der Waals surface area (Å²) in [6, 6.07) is 9.52. The van der Waals surface area contributed by atoms with Gasteiger partial charge in [-0.1, -0.05) is 24.1 Å². The standard InChI is InChI=1S/C17H18N2O2/c20-15-12-17(13-18-15)8-10-19(11-9-17)16(21)7-6-14-4-2-1-3-5-14/h1-5H,8-13H2,(H,18,20). The highest BCUT2D eigenvalue weighted by Gasteiger charge is 2.41. The summed E-state index contributed by atoms with van der Waals surface area (Å²) in [6.45, 7) is 2.14. The van der Waals surface area contributed by atoms with Crippen molar-refractivity contribution in [3.63, 3.8) is 0 Å². The first kappa shape index (κ1) is 13.7. The van der Waals surface area contributed by atoms with E-state index in [1.165, 1.54) is 0 Å². The lowest BCUT2D eigenvalue weighted by Gasteiger charge is -2.37. The van der Waals surface area contributed by atoms with Gasteiger partial charge in [0.1, 0.15) is 0 Å². The van der Waals surface area contributed by atoms with Crippen molar-refractivity contribution in [1.82, 2.24) is 10.2 Å². The van der Waals surface area contributed by atoms with Gasteiger partial charge >= 0.3 is 0 Å². The van der Waals surface area contributed by atoms with Gasteiger partial charge in [0.15, 0.2) is 0 Å². The zero-order chi connectivity index (χ0) is 14.7. The zero-order valence-corrected chi connectivity index (χ0v) is 11.9. The maximum absolute atomic E-state index is 12.1. The first-order valence-corrected chi connectivity index (χ1v) is 7.30. The van der Waals surface area contributed by atoms with Gasteiger partial charge in [0.05, 0.1) is 0 Å². The summed E-state index contributed by atoms with van der Waals surface area (Å²) in [5, 5.41) is 2.90. The first-order chi connectivity index (χ1) is 10.2. The molecule has 1 aromatic rings. The van der Waals surface area contributed by atoms with Gasteiger partial charge in [-0.2, -0.15) is 0 Å². The van der Waals surface area contributed by atoms with E-state index in [2.05, 4.69) is 17.2 Å². The van der Waals surface area contributed by atoms with Crippen LogP contribution in [0.5, 0.6) is 0 Å². The molecule has 0 atom stereocenters. The fourth-order valence-electron chi connectivity index (χ4n) is 3.02. The Kier molecular flexibility index (Phi) is 3.66. The SMILES string of the molecule is O=C1CC2(CCN(C(=O)C#Cc3ccccc3)CC2)CN1. The van der Waals surface area contributed by atoms with E-state index in [0.29, 0.717) is 19.5 Å². The van der Waals surface area contributed by atoms with Crippen molar-refractivity contribution < 1.29 is 9.59 Å². The van der Waals surface area contributed by atoms with E-state index in [1.54, 1.807) is 4.90 Å². The highest BCUT2D eigenvalue weighted by atomic mass is 16.2. The molecular weight excluding hydrogens is 264 g/mol. The lowest BCUT2D eigenvalue weighted by Crippen LogP contribution is -2.43. The average molecular weight is 282 g/mol. The van der Waals surface area contributed by atoms with Gasteiger partial charge < -0.3 is 10.2 Å². The number of carbonyl (C=O) groups excluding carboxylic acids is 2. The molecule has 4 heteroatoms. The summed E-state index contributed by atoms with van der Waals surface area (Å²) < 4.78 is 0. The molecule has 1 N–H and O–H groups in total. The normalized spacial score (nSPS) is 19.8. The molecule has 2 amide bonds. The summed E-state index contributed by atoms with van der Waals surface area (Å²) in [4.78, 5) is 25.3. The Morgan fingerprint density at radius 2 is 1.90 bits per heavy atom. The van der Waals surface area contributed by atoms with Crippen LogP contribution in [0.25, 0.3) is 0 Å². The Morgan fingerprint density at radius 3 is 2.52 bits per heavy atom. The predicted octanol–water partition coefficient (Wildman–Crippen LogP) is 1.17. The van der Waals surface area contributed by atoms with Crippen LogP contribution in [0.15, 0.2) is 30.3 Å². The summed E-state index contributed by atoms with van der Waals surface area (Å²) in [6.07, 6.45) is 2.36. The third kappa shape index (κ3) is 3.08. The van der Waals surface area contributed by atoms with Crippen LogP contribution in [-0.2, 0) is 9.59 Å². The van der Waals surface area contributed by atoms with Crippen molar-refractivity contribution in [2.75, 3.05) is 19.6 Å². The number of carbonyl (C=O) groups is 2. The molecule has 2 heterocycles. The Hall–Kier alpha value is -2.28. The van der Waals surface area contributed by atoms with E-state index < -0.39 is 0 Å². The molecule has 21 heavy (non-hydrogen) atoms. The van der Waals surface area contributed by atoms with Crippen LogP contribution in [-0.4, -0.2) is 36.3 Å². The van der Waals surface area contributed by atoms with Crippen LogP contribution in [0.1, 0.15) is 24.8 Å². The summed E-state index contributed by atoms with van der Waals surface area (Å²) in [7, 11) is 0. The smallest absolute Gasteiger partial charge is 0.298 e. The van der Waals surface area contributed by atoms with E-state index in [4.69, 9.17) is 0 Å². The molecule has 0 radical (unpaired) electrons. The maximum Gasteiger partial charge on any atom is 0.298 e. The minimum Gasteiger partial charge on any atom is -0.356 e. The summed E-state index contributed by atoms with van der Waals surface area (Å²) in [5.74, 6) is 5.63. The lowest BCUT2D eigenvalue weighted by molar-refractivity contribution is -0.127. The van der Waals surface area contributed by atoms with Gasteiger partial charge in [-0.3, -0.25) is 9.59 Å². The Balaban J connectivity index is 1.59. The van der Waals surface area contributed by atoms with Gasteiger partial charge in [0, 0.05) is 37.5 Å². The quantitative estimate of drug-likeness (QED) is 0.726. The molecular formula is C17H18N2O2. The molecule has 3 rings (SSSR count). The third-order valence-electron chi connectivity index (χ3n) is 4.39. The van der Waals surface area contributed by atoms with Crippen LogP contribution < -0.4 is 5.32 Å². The van der Waals surface area contributed by atoms with Crippen molar-refractivity contribution in [1.29, 1.82) is 0 Å². The van der Waals surface area contributed by atoms with Crippen LogP contribution in [0.3, 0.4) is 0 Å². The number of likely N-dealkylation sites (tertiary alicyclic amines) is 1. The molecule has 0 aromatic heterocycles. The van der Waals surface area contributed by atoms with Gasteiger partial charge in [-0.25, -0.2) is 0 Å². The van der Waals surface area contributed by atoms with Crippen molar-refractivity contribution in [2.45, 2.75) is 19.3 Å². The van der Waals surface area contributed by atoms with Gasteiger partial charge in [0.25, 0.3) is 5.91 Å².